The van der Waals surface area contributed by atoms with Crippen molar-refractivity contribution in [2.75, 3.05) is 19.8 Å². The molecule has 1 aromatic heterocycles. The summed E-state index contributed by atoms with van der Waals surface area (Å²) in [5.41, 5.74) is 1.59. The molecule has 3 aliphatic rings. The second-order valence-corrected chi connectivity index (χ2v) is 7.78. The maximum atomic E-state index is 12.8. The number of halogens is 3. The van der Waals surface area contributed by atoms with Crippen LogP contribution >= 0.6 is 0 Å². The minimum atomic E-state index is -5.08. The third-order valence-corrected chi connectivity index (χ3v) is 5.44. The Morgan fingerprint density at radius 3 is 2.53 bits per heavy atom. The van der Waals surface area contributed by atoms with Crippen LogP contribution in [0.1, 0.15) is 41.7 Å². The topological polar surface area (TPSA) is 89.0 Å². The van der Waals surface area contributed by atoms with E-state index in [4.69, 9.17) is 19.4 Å². The minimum Gasteiger partial charge on any atom is -0.475 e. The molecule has 0 spiro atoms. The Morgan fingerprint density at radius 1 is 1.27 bits per heavy atom. The number of pyridine rings is 1. The fraction of sp³-hybridized carbons (Fsp3) is 0.650. The lowest BCUT2D eigenvalue weighted by molar-refractivity contribution is -0.192. The van der Waals surface area contributed by atoms with E-state index < -0.39 is 12.1 Å². The summed E-state index contributed by atoms with van der Waals surface area (Å²) in [6, 6.07) is 3.90. The molecule has 0 aromatic carbocycles. The lowest BCUT2D eigenvalue weighted by atomic mass is 10.1. The monoisotopic (exact) mass is 430 g/mol. The van der Waals surface area contributed by atoms with E-state index in [1.807, 2.05) is 24.0 Å². The van der Waals surface area contributed by atoms with Crippen molar-refractivity contribution >= 4 is 11.9 Å². The molecule has 0 bridgehead atoms. The third-order valence-electron chi connectivity index (χ3n) is 5.44. The van der Waals surface area contributed by atoms with Crippen LogP contribution in [0.2, 0.25) is 0 Å². The van der Waals surface area contributed by atoms with Gasteiger partial charge in [-0.05, 0) is 50.7 Å². The second-order valence-electron chi connectivity index (χ2n) is 7.78. The summed E-state index contributed by atoms with van der Waals surface area (Å²) in [6.07, 6.45) is 1.32. The average molecular weight is 430 g/mol. The number of carboxylic acids is 1. The zero-order valence-corrected chi connectivity index (χ0v) is 16.6. The fourth-order valence-electron chi connectivity index (χ4n) is 3.65. The first-order valence-electron chi connectivity index (χ1n) is 9.93. The second kappa shape index (κ2) is 9.30. The Morgan fingerprint density at radius 2 is 1.97 bits per heavy atom. The van der Waals surface area contributed by atoms with Gasteiger partial charge in [-0.15, -0.1) is 0 Å². The molecular formula is C20H25F3N2O5. The summed E-state index contributed by atoms with van der Waals surface area (Å²) in [5, 5.41) is 7.12. The van der Waals surface area contributed by atoms with Crippen molar-refractivity contribution in [1.82, 2.24) is 9.88 Å². The van der Waals surface area contributed by atoms with Crippen LogP contribution in [-0.4, -0.2) is 71.1 Å². The number of morpholine rings is 1. The Hall–Kier alpha value is -2.20. The van der Waals surface area contributed by atoms with Crippen molar-refractivity contribution in [3.63, 3.8) is 0 Å². The quantitative estimate of drug-likeness (QED) is 0.790. The molecule has 1 N–H and O–H groups in total. The van der Waals surface area contributed by atoms with E-state index in [0.29, 0.717) is 18.7 Å². The zero-order valence-electron chi connectivity index (χ0n) is 16.6. The largest absolute Gasteiger partial charge is 0.490 e. The number of nitrogens with zero attached hydrogens (tertiary/aromatic N) is 2. The lowest BCUT2D eigenvalue weighted by Crippen LogP contribution is -2.54. The van der Waals surface area contributed by atoms with Crippen molar-refractivity contribution in [2.45, 2.75) is 57.0 Å². The molecule has 0 radical (unpaired) electrons. The smallest absolute Gasteiger partial charge is 0.475 e. The van der Waals surface area contributed by atoms with E-state index >= 15 is 0 Å². The van der Waals surface area contributed by atoms with Crippen LogP contribution in [0.3, 0.4) is 0 Å². The van der Waals surface area contributed by atoms with E-state index in [-0.39, 0.29) is 24.2 Å². The van der Waals surface area contributed by atoms with Crippen LogP contribution in [0.4, 0.5) is 13.2 Å². The first-order valence-corrected chi connectivity index (χ1v) is 9.93. The van der Waals surface area contributed by atoms with Crippen molar-refractivity contribution in [1.29, 1.82) is 0 Å². The molecule has 4 rings (SSSR count). The van der Waals surface area contributed by atoms with E-state index in [1.165, 1.54) is 12.8 Å². The number of rotatable bonds is 4. The van der Waals surface area contributed by atoms with Crippen LogP contribution in [-0.2, 0) is 14.3 Å². The number of hydrogen-bond donors (Lipinski definition) is 1. The van der Waals surface area contributed by atoms with Gasteiger partial charge in [-0.2, -0.15) is 13.2 Å². The molecule has 0 unspecified atom stereocenters. The number of carbonyl (C=O) groups excluding carboxylic acids is 1. The van der Waals surface area contributed by atoms with Crippen molar-refractivity contribution < 1.29 is 37.3 Å². The number of aromatic nitrogens is 1. The Bertz CT molecular complexity index is 752. The van der Waals surface area contributed by atoms with Gasteiger partial charge >= 0.3 is 12.1 Å². The van der Waals surface area contributed by atoms with Gasteiger partial charge < -0.3 is 19.5 Å². The number of carbonyl (C=O) groups is 2. The number of ether oxygens (including phenoxy) is 2. The number of carboxylic acid groups (broad SMARTS) is 1. The summed E-state index contributed by atoms with van der Waals surface area (Å²) in [5.74, 6) is -1.93. The van der Waals surface area contributed by atoms with Gasteiger partial charge in [0.2, 0.25) is 0 Å². The highest BCUT2D eigenvalue weighted by Gasteiger charge is 2.45. The minimum absolute atomic E-state index is 0.0323. The molecule has 7 nitrogen and oxygen atoms in total. The molecule has 3 atom stereocenters. The van der Waals surface area contributed by atoms with Crippen LogP contribution in [0.25, 0.3) is 0 Å². The number of fused-ring (bicyclic) bond motifs is 1. The first kappa shape index (κ1) is 22.5. The van der Waals surface area contributed by atoms with Crippen LogP contribution in [0.5, 0.6) is 0 Å². The molecular weight excluding hydrogens is 405 g/mol. The van der Waals surface area contributed by atoms with E-state index in [2.05, 4.69) is 4.98 Å². The van der Waals surface area contributed by atoms with Crippen molar-refractivity contribution in [3.8, 4) is 0 Å². The molecule has 1 amide bonds. The highest BCUT2D eigenvalue weighted by Crippen LogP contribution is 2.35. The molecule has 1 saturated heterocycles. The van der Waals surface area contributed by atoms with Gasteiger partial charge in [-0.25, -0.2) is 4.79 Å². The van der Waals surface area contributed by atoms with Gasteiger partial charge in [0.15, 0.2) is 0 Å². The van der Waals surface area contributed by atoms with E-state index in [0.717, 1.165) is 31.1 Å². The number of hydrogen-bond acceptors (Lipinski definition) is 5. The molecule has 1 aliphatic heterocycles. The highest BCUT2D eigenvalue weighted by molar-refractivity contribution is 5.94. The van der Waals surface area contributed by atoms with Crippen LogP contribution < -0.4 is 0 Å². The maximum absolute atomic E-state index is 12.8. The maximum Gasteiger partial charge on any atom is 0.490 e. The van der Waals surface area contributed by atoms with Gasteiger partial charge in [0.1, 0.15) is 6.10 Å². The number of alkyl halides is 3. The van der Waals surface area contributed by atoms with E-state index in [9.17, 15) is 18.0 Å². The number of aliphatic carboxylic acids is 1. The predicted octanol–water partition coefficient (Wildman–Crippen LogP) is 2.82. The van der Waals surface area contributed by atoms with E-state index in [1.54, 1.807) is 6.20 Å². The molecule has 10 heteroatoms. The summed E-state index contributed by atoms with van der Waals surface area (Å²) >= 11 is 0. The zero-order chi connectivity index (χ0) is 21.9. The SMILES string of the molecule is Cc1ccc(C(=O)N2CCO[C@H]3[C@@H](OCC4CC4)CC[C@@H]32)cn1.O=C(O)C(F)(F)F. The van der Waals surface area contributed by atoms with Gasteiger partial charge in [-0.1, -0.05) is 0 Å². The highest BCUT2D eigenvalue weighted by atomic mass is 19.4. The molecule has 166 valence electrons. The predicted molar refractivity (Wildman–Crippen MR) is 98.9 cm³/mol. The summed E-state index contributed by atoms with van der Waals surface area (Å²) < 4.78 is 43.8. The molecule has 2 heterocycles. The summed E-state index contributed by atoms with van der Waals surface area (Å²) in [4.78, 5) is 27.9. The van der Waals surface area contributed by atoms with Crippen LogP contribution in [0.15, 0.2) is 18.3 Å². The molecule has 2 saturated carbocycles. The van der Waals surface area contributed by atoms with Crippen LogP contribution in [0, 0.1) is 12.8 Å². The number of aryl methyl sites for hydroxylation is 1. The Labute approximate surface area is 172 Å². The Kier molecular flexibility index (Phi) is 6.97. The van der Waals surface area contributed by atoms with Gasteiger partial charge in [-0.3, -0.25) is 9.78 Å². The normalized spacial score (nSPS) is 25.9. The third kappa shape index (κ3) is 5.69. The van der Waals surface area contributed by atoms with Gasteiger partial charge in [0.05, 0.1) is 24.3 Å². The Balaban J connectivity index is 0.000000318. The lowest BCUT2D eigenvalue weighted by Gasteiger charge is -2.39. The first-order chi connectivity index (χ1) is 14.2. The molecule has 1 aromatic rings. The summed E-state index contributed by atoms with van der Waals surface area (Å²) in [6.45, 7) is 4.03. The number of amides is 1. The van der Waals surface area contributed by atoms with Crippen molar-refractivity contribution in [2.24, 2.45) is 5.92 Å². The van der Waals surface area contributed by atoms with Gasteiger partial charge in [0.25, 0.3) is 5.91 Å². The average Bonchev–Trinajstić information content (AvgIpc) is 3.44. The molecule has 3 fully saturated rings. The van der Waals surface area contributed by atoms with Crippen molar-refractivity contribution in [3.05, 3.63) is 29.6 Å². The standard InChI is InChI=1S/C18H24N2O3.C2HF3O2/c1-12-2-5-14(10-19-12)18(21)20-8-9-22-17-15(20)6-7-16(17)23-11-13-3-4-13;3-2(4,5)1(6)7/h2,5,10,13,15-17H,3-4,6-9,11H2,1H3;(H,6,7)/t15-,16-,17+;/m0./s1. The summed E-state index contributed by atoms with van der Waals surface area (Å²) in [7, 11) is 0. The fourth-order valence-corrected chi connectivity index (χ4v) is 3.65. The van der Waals surface area contributed by atoms with Gasteiger partial charge in [0, 0.05) is 25.0 Å². The molecule has 30 heavy (non-hydrogen) atoms. The molecule has 2 aliphatic carbocycles.